The monoisotopic (exact) mass is 355 g/mol. The molecule has 5 heteroatoms. The normalized spacial score (nSPS) is 12.6. The van der Waals surface area contributed by atoms with Crippen LogP contribution in [0.25, 0.3) is 0 Å². The minimum atomic E-state index is -0.497. The summed E-state index contributed by atoms with van der Waals surface area (Å²) < 4.78 is 6.67. The van der Waals surface area contributed by atoms with Crippen LogP contribution >= 0.6 is 27.3 Å². The number of hydrogen-bond donors (Lipinski definition) is 1. The van der Waals surface area contributed by atoms with Crippen LogP contribution in [0.3, 0.4) is 0 Å². The van der Waals surface area contributed by atoms with Crippen molar-refractivity contribution in [3.63, 3.8) is 0 Å². The number of likely N-dealkylation sites (N-methyl/N-ethyl adjacent to an activating group) is 1. The molecule has 20 heavy (non-hydrogen) atoms. The molecule has 0 saturated heterocycles. The van der Waals surface area contributed by atoms with E-state index in [0.717, 1.165) is 16.1 Å². The van der Waals surface area contributed by atoms with Crippen molar-refractivity contribution in [2.75, 3.05) is 20.2 Å². The fourth-order valence-electron chi connectivity index (χ4n) is 1.89. The number of para-hydroxylation sites is 1. The molecule has 1 atom stereocenters. The van der Waals surface area contributed by atoms with Crippen molar-refractivity contribution in [1.82, 2.24) is 4.90 Å². The van der Waals surface area contributed by atoms with E-state index in [4.69, 9.17) is 4.74 Å². The lowest BCUT2D eigenvalue weighted by Gasteiger charge is -2.20. The van der Waals surface area contributed by atoms with Gasteiger partial charge in [-0.05, 0) is 47.2 Å². The first-order valence-electron chi connectivity index (χ1n) is 6.42. The van der Waals surface area contributed by atoms with Crippen LogP contribution in [0.2, 0.25) is 0 Å². The molecule has 1 heterocycles. The molecule has 0 spiro atoms. The van der Waals surface area contributed by atoms with Crippen LogP contribution in [0.15, 0.2) is 46.3 Å². The summed E-state index contributed by atoms with van der Waals surface area (Å²) >= 11 is 5.17. The number of nitrogens with zero attached hydrogens (tertiary/aromatic N) is 1. The molecule has 0 amide bonds. The molecule has 1 aromatic heterocycles. The average Bonchev–Trinajstić information content (AvgIpc) is 2.83. The van der Waals surface area contributed by atoms with Gasteiger partial charge >= 0.3 is 0 Å². The summed E-state index contributed by atoms with van der Waals surface area (Å²) in [5.74, 6) is 0.788. The van der Waals surface area contributed by atoms with E-state index < -0.39 is 6.10 Å². The predicted octanol–water partition coefficient (Wildman–Crippen LogP) is 3.38. The molecule has 1 aromatic carbocycles. The molecule has 0 radical (unpaired) electrons. The summed E-state index contributed by atoms with van der Waals surface area (Å²) in [5, 5.41) is 9.99. The fraction of sp³-hybridized carbons (Fsp3) is 0.333. The van der Waals surface area contributed by atoms with E-state index >= 15 is 0 Å². The third-order valence-electron chi connectivity index (χ3n) is 2.76. The van der Waals surface area contributed by atoms with Crippen molar-refractivity contribution >= 4 is 27.3 Å². The zero-order valence-electron chi connectivity index (χ0n) is 11.3. The molecule has 1 unspecified atom stereocenters. The van der Waals surface area contributed by atoms with E-state index in [1.54, 1.807) is 11.3 Å². The van der Waals surface area contributed by atoms with Crippen molar-refractivity contribution in [2.45, 2.75) is 12.6 Å². The lowest BCUT2D eigenvalue weighted by Crippen LogP contribution is -2.32. The largest absolute Gasteiger partial charge is 0.491 e. The highest BCUT2D eigenvalue weighted by Gasteiger charge is 2.10. The fourth-order valence-corrected chi connectivity index (χ4v) is 3.45. The second-order valence-corrected chi connectivity index (χ2v) is 7.23. The number of halogens is 1. The molecular formula is C15H18BrNO2S. The molecule has 0 aliphatic heterocycles. The Morgan fingerprint density at radius 1 is 1.25 bits per heavy atom. The maximum atomic E-state index is 9.99. The maximum absolute atomic E-state index is 9.99. The molecule has 2 rings (SSSR count). The van der Waals surface area contributed by atoms with Crippen LogP contribution in [0.5, 0.6) is 5.75 Å². The Hall–Kier alpha value is -0.880. The molecular weight excluding hydrogens is 338 g/mol. The molecule has 0 fully saturated rings. The number of thiophene rings is 1. The van der Waals surface area contributed by atoms with E-state index in [1.165, 1.54) is 4.88 Å². The Balaban J connectivity index is 1.72. The molecule has 1 N–H and O–H groups in total. The number of ether oxygens (including phenoxy) is 1. The Kier molecular flexibility index (Phi) is 6.04. The SMILES string of the molecule is CN(Cc1ccc(Br)s1)CC(O)COc1ccccc1. The van der Waals surface area contributed by atoms with Gasteiger partial charge in [0, 0.05) is 18.0 Å². The van der Waals surface area contributed by atoms with Crippen LogP contribution in [-0.4, -0.2) is 36.3 Å². The van der Waals surface area contributed by atoms with Crippen LogP contribution in [0, 0.1) is 0 Å². The first-order chi connectivity index (χ1) is 9.63. The second-order valence-electron chi connectivity index (χ2n) is 4.68. The summed E-state index contributed by atoms with van der Waals surface area (Å²) in [6.07, 6.45) is -0.497. The lowest BCUT2D eigenvalue weighted by atomic mass is 10.3. The van der Waals surface area contributed by atoms with Gasteiger partial charge in [-0.1, -0.05) is 18.2 Å². The second kappa shape index (κ2) is 7.78. The van der Waals surface area contributed by atoms with Crippen molar-refractivity contribution in [1.29, 1.82) is 0 Å². The van der Waals surface area contributed by atoms with Gasteiger partial charge in [0.2, 0.25) is 0 Å². The molecule has 0 bridgehead atoms. The van der Waals surface area contributed by atoms with Crippen LogP contribution in [0.4, 0.5) is 0 Å². The summed E-state index contributed by atoms with van der Waals surface area (Å²) in [7, 11) is 2.00. The zero-order chi connectivity index (χ0) is 14.4. The number of rotatable bonds is 7. The molecule has 0 aliphatic carbocycles. The van der Waals surface area contributed by atoms with Crippen molar-refractivity contribution < 1.29 is 9.84 Å². The Bertz CT molecular complexity index is 518. The smallest absolute Gasteiger partial charge is 0.119 e. The van der Waals surface area contributed by atoms with Crippen molar-refractivity contribution in [2.24, 2.45) is 0 Å². The predicted molar refractivity (Wildman–Crippen MR) is 86.3 cm³/mol. The summed E-state index contributed by atoms with van der Waals surface area (Å²) in [6, 6.07) is 13.7. The third-order valence-corrected chi connectivity index (χ3v) is 4.37. The van der Waals surface area contributed by atoms with E-state index in [0.29, 0.717) is 13.2 Å². The first kappa shape index (κ1) is 15.5. The molecule has 3 nitrogen and oxygen atoms in total. The Morgan fingerprint density at radius 3 is 2.65 bits per heavy atom. The standard InChI is InChI=1S/C15H18BrNO2S/c1-17(10-14-7-8-15(16)20-14)9-12(18)11-19-13-5-3-2-4-6-13/h2-8,12,18H,9-11H2,1H3. The summed E-state index contributed by atoms with van der Waals surface area (Å²) in [5.41, 5.74) is 0. The van der Waals surface area contributed by atoms with Gasteiger partial charge in [-0.15, -0.1) is 11.3 Å². The van der Waals surface area contributed by atoms with Gasteiger partial charge in [0.05, 0.1) is 3.79 Å². The van der Waals surface area contributed by atoms with Gasteiger partial charge in [-0.3, -0.25) is 4.90 Å². The van der Waals surface area contributed by atoms with E-state index in [1.807, 2.05) is 43.4 Å². The Labute approximate surface area is 131 Å². The minimum Gasteiger partial charge on any atom is -0.491 e. The highest BCUT2D eigenvalue weighted by molar-refractivity contribution is 9.11. The highest BCUT2D eigenvalue weighted by atomic mass is 79.9. The van der Waals surface area contributed by atoms with Crippen molar-refractivity contribution in [3.8, 4) is 5.75 Å². The Morgan fingerprint density at radius 2 is 2.00 bits per heavy atom. The van der Waals surface area contributed by atoms with E-state index in [-0.39, 0.29) is 0 Å². The maximum Gasteiger partial charge on any atom is 0.119 e. The molecule has 0 saturated carbocycles. The van der Waals surface area contributed by atoms with Gasteiger partial charge in [0.1, 0.15) is 18.5 Å². The lowest BCUT2D eigenvalue weighted by molar-refractivity contribution is 0.0746. The van der Waals surface area contributed by atoms with Crippen LogP contribution < -0.4 is 4.74 Å². The zero-order valence-corrected chi connectivity index (χ0v) is 13.7. The van der Waals surface area contributed by atoms with Crippen LogP contribution in [-0.2, 0) is 6.54 Å². The van der Waals surface area contributed by atoms with Crippen molar-refractivity contribution in [3.05, 3.63) is 51.1 Å². The van der Waals surface area contributed by atoms with Crippen LogP contribution in [0.1, 0.15) is 4.88 Å². The van der Waals surface area contributed by atoms with Gasteiger partial charge in [-0.25, -0.2) is 0 Å². The van der Waals surface area contributed by atoms with Gasteiger partial charge < -0.3 is 9.84 Å². The molecule has 108 valence electrons. The van der Waals surface area contributed by atoms with E-state index in [9.17, 15) is 5.11 Å². The summed E-state index contributed by atoms with van der Waals surface area (Å²) in [6.45, 7) is 1.73. The van der Waals surface area contributed by atoms with Gasteiger partial charge in [0.15, 0.2) is 0 Å². The first-order valence-corrected chi connectivity index (χ1v) is 8.03. The number of aliphatic hydroxyl groups is 1. The average molecular weight is 356 g/mol. The van der Waals surface area contributed by atoms with E-state index in [2.05, 4.69) is 26.9 Å². The minimum absolute atomic E-state index is 0.308. The highest BCUT2D eigenvalue weighted by Crippen LogP contribution is 2.23. The molecule has 0 aliphatic rings. The third kappa shape index (κ3) is 5.25. The molecule has 2 aromatic rings. The quantitative estimate of drug-likeness (QED) is 0.826. The number of aliphatic hydroxyl groups excluding tert-OH is 1. The van der Waals surface area contributed by atoms with Gasteiger partial charge in [-0.2, -0.15) is 0 Å². The van der Waals surface area contributed by atoms with Gasteiger partial charge in [0.25, 0.3) is 0 Å². The number of benzene rings is 1. The number of hydrogen-bond acceptors (Lipinski definition) is 4. The summed E-state index contributed by atoms with van der Waals surface area (Å²) in [4.78, 5) is 3.37. The topological polar surface area (TPSA) is 32.7 Å².